The van der Waals surface area contributed by atoms with Gasteiger partial charge in [-0.05, 0) is 22.9 Å². The van der Waals surface area contributed by atoms with Crippen LogP contribution >= 0.6 is 23.2 Å². The van der Waals surface area contributed by atoms with Crippen molar-refractivity contribution in [3.63, 3.8) is 0 Å². The lowest BCUT2D eigenvalue weighted by Crippen LogP contribution is -1.86. The Labute approximate surface area is 84.9 Å². The highest BCUT2D eigenvalue weighted by atomic mass is 35.5. The summed E-state index contributed by atoms with van der Waals surface area (Å²) in [6.07, 6.45) is 0. The van der Waals surface area contributed by atoms with Crippen LogP contribution < -0.4 is 0 Å². The van der Waals surface area contributed by atoms with E-state index in [-0.39, 0.29) is 5.02 Å². The zero-order valence-electron chi connectivity index (χ0n) is 6.37. The smallest absolute Gasteiger partial charge is 0.190 e. The first-order chi connectivity index (χ1) is 6.19. The molecular formula is C8H4Cl2N2O. The molecule has 0 heterocycles. The minimum Gasteiger partial charge on any atom is -0.192 e. The zero-order chi connectivity index (χ0) is 9.84. The topological polar surface area (TPSA) is 53.2 Å². The minimum atomic E-state index is -0.953. The largest absolute Gasteiger partial charge is 0.192 e. The molecule has 13 heavy (non-hydrogen) atoms. The lowest BCUT2D eigenvalue weighted by molar-refractivity contribution is 1.00. The Kier molecular flexibility index (Phi) is 3.24. The number of nitrogens with zero attached hydrogens (tertiary/aromatic N) is 2. The van der Waals surface area contributed by atoms with E-state index in [0.29, 0.717) is 11.1 Å². The van der Waals surface area contributed by atoms with Gasteiger partial charge < -0.3 is 0 Å². The molecule has 0 saturated heterocycles. The molecule has 66 valence electrons. The molecular weight excluding hydrogens is 211 g/mol. The molecule has 1 aromatic rings. The molecule has 0 N–H and O–H groups in total. The van der Waals surface area contributed by atoms with Crippen molar-refractivity contribution in [2.24, 2.45) is 5.18 Å². The van der Waals surface area contributed by atoms with Crippen molar-refractivity contribution in [2.45, 2.75) is 5.50 Å². The second-order valence-electron chi connectivity index (χ2n) is 2.29. The first kappa shape index (κ1) is 9.97. The summed E-state index contributed by atoms with van der Waals surface area (Å²) in [6, 6.07) is 6.40. The molecule has 1 unspecified atom stereocenters. The molecule has 0 spiro atoms. The summed E-state index contributed by atoms with van der Waals surface area (Å²) >= 11 is 11.2. The fourth-order valence-electron chi connectivity index (χ4n) is 0.831. The van der Waals surface area contributed by atoms with E-state index in [0.717, 1.165) is 0 Å². The average molecular weight is 215 g/mol. The minimum absolute atomic E-state index is 0.273. The van der Waals surface area contributed by atoms with Crippen LogP contribution in [0.25, 0.3) is 0 Å². The lowest BCUT2D eigenvalue weighted by atomic mass is 10.1. The number of nitroso groups, excluding NO2 is 1. The molecule has 0 saturated carbocycles. The highest BCUT2D eigenvalue weighted by Crippen LogP contribution is 2.25. The molecule has 0 amide bonds. The van der Waals surface area contributed by atoms with Crippen LogP contribution in [0.5, 0.6) is 0 Å². The summed E-state index contributed by atoms with van der Waals surface area (Å²) in [5.41, 5.74) is -0.119. The maximum absolute atomic E-state index is 10.1. The number of nitriles is 1. The Bertz CT molecular complexity index is 373. The zero-order valence-corrected chi connectivity index (χ0v) is 7.88. The fraction of sp³-hybridized carbons (Fsp3) is 0.125. The normalized spacial score (nSPS) is 11.8. The Morgan fingerprint density at radius 3 is 2.69 bits per heavy atom. The predicted octanol–water partition coefficient (Wildman–Crippen LogP) is 3.22. The van der Waals surface area contributed by atoms with Gasteiger partial charge in [0.2, 0.25) is 0 Å². The third kappa shape index (κ3) is 2.18. The monoisotopic (exact) mass is 214 g/mol. The number of rotatable bonds is 2. The molecule has 0 aliphatic heterocycles. The van der Waals surface area contributed by atoms with Crippen LogP contribution in [-0.4, -0.2) is 0 Å². The van der Waals surface area contributed by atoms with Crippen LogP contribution in [0, 0.1) is 16.2 Å². The summed E-state index contributed by atoms with van der Waals surface area (Å²) in [7, 11) is 0. The summed E-state index contributed by atoms with van der Waals surface area (Å²) in [4.78, 5) is 10.1. The van der Waals surface area contributed by atoms with Gasteiger partial charge in [0.1, 0.15) is 6.07 Å². The van der Waals surface area contributed by atoms with Crippen molar-refractivity contribution >= 4 is 23.2 Å². The average Bonchev–Trinajstić information content (AvgIpc) is 2.16. The van der Waals surface area contributed by atoms with E-state index >= 15 is 0 Å². The highest BCUT2D eigenvalue weighted by Gasteiger charge is 2.09. The summed E-state index contributed by atoms with van der Waals surface area (Å²) in [6.45, 7) is 0. The molecule has 0 radical (unpaired) electrons. The first-order valence-corrected chi connectivity index (χ1v) is 4.16. The van der Waals surface area contributed by atoms with Crippen LogP contribution in [0.4, 0.5) is 0 Å². The predicted molar refractivity (Wildman–Crippen MR) is 50.6 cm³/mol. The molecule has 5 heteroatoms. The Morgan fingerprint density at radius 2 is 2.23 bits per heavy atom. The number of hydrogen-bond acceptors (Lipinski definition) is 3. The van der Waals surface area contributed by atoms with Gasteiger partial charge in [-0.2, -0.15) is 5.26 Å². The van der Waals surface area contributed by atoms with Crippen molar-refractivity contribution in [2.75, 3.05) is 0 Å². The van der Waals surface area contributed by atoms with Crippen LogP contribution in [0.1, 0.15) is 16.6 Å². The van der Waals surface area contributed by atoms with Gasteiger partial charge in [-0.1, -0.05) is 29.3 Å². The maximum Gasteiger partial charge on any atom is 0.190 e. The maximum atomic E-state index is 10.1. The SMILES string of the molecule is N#Cc1ccc(C(Cl)N=O)cc1Cl. The first-order valence-electron chi connectivity index (χ1n) is 3.35. The molecule has 0 aromatic heterocycles. The second kappa shape index (κ2) is 4.22. The van der Waals surface area contributed by atoms with Crippen molar-refractivity contribution < 1.29 is 0 Å². The van der Waals surface area contributed by atoms with Gasteiger partial charge in [0, 0.05) is 0 Å². The Hall–Kier alpha value is -1.11. The van der Waals surface area contributed by atoms with Gasteiger partial charge in [0.15, 0.2) is 5.50 Å². The fourth-order valence-corrected chi connectivity index (χ4v) is 1.20. The molecule has 3 nitrogen and oxygen atoms in total. The Balaban J connectivity index is 3.11. The van der Waals surface area contributed by atoms with Gasteiger partial charge in [0.05, 0.1) is 10.6 Å². The van der Waals surface area contributed by atoms with Crippen LogP contribution in [0.15, 0.2) is 23.4 Å². The Morgan fingerprint density at radius 1 is 1.54 bits per heavy atom. The second-order valence-corrected chi connectivity index (χ2v) is 3.11. The van der Waals surface area contributed by atoms with Gasteiger partial charge in [-0.3, -0.25) is 0 Å². The van der Waals surface area contributed by atoms with Crippen molar-refractivity contribution in [1.82, 2.24) is 0 Å². The van der Waals surface area contributed by atoms with Gasteiger partial charge in [0.25, 0.3) is 0 Å². The summed E-state index contributed by atoms with van der Waals surface area (Å²) in [5, 5.41) is 11.5. The lowest BCUT2D eigenvalue weighted by Gasteiger charge is -2.01. The molecule has 0 aliphatic rings. The van der Waals surface area contributed by atoms with E-state index in [9.17, 15) is 4.91 Å². The molecule has 0 aliphatic carbocycles. The summed E-state index contributed by atoms with van der Waals surface area (Å²) < 4.78 is 0. The van der Waals surface area contributed by atoms with Crippen molar-refractivity contribution in [3.05, 3.63) is 39.3 Å². The van der Waals surface area contributed by atoms with Gasteiger partial charge in [-0.15, -0.1) is 4.91 Å². The van der Waals surface area contributed by atoms with Crippen LogP contribution in [-0.2, 0) is 0 Å². The van der Waals surface area contributed by atoms with E-state index in [1.807, 2.05) is 6.07 Å². The third-order valence-electron chi connectivity index (χ3n) is 1.48. The molecule has 0 fully saturated rings. The van der Waals surface area contributed by atoms with E-state index < -0.39 is 5.50 Å². The number of hydrogen-bond donors (Lipinski definition) is 0. The third-order valence-corrected chi connectivity index (χ3v) is 2.13. The molecule has 1 atom stereocenters. The highest BCUT2D eigenvalue weighted by molar-refractivity contribution is 6.32. The van der Waals surface area contributed by atoms with Crippen molar-refractivity contribution in [3.8, 4) is 6.07 Å². The van der Waals surface area contributed by atoms with Crippen molar-refractivity contribution in [1.29, 1.82) is 5.26 Å². The van der Waals surface area contributed by atoms with E-state index in [4.69, 9.17) is 28.5 Å². The van der Waals surface area contributed by atoms with Crippen LogP contribution in [0.2, 0.25) is 5.02 Å². The standard InChI is InChI=1S/C8H4Cl2N2O/c9-7-3-5(8(10)12-13)1-2-6(7)4-11/h1-3,8H. The van der Waals surface area contributed by atoms with Gasteiger partial charge in [-0.25, -0.2) is 0 Å². The van der Waals surface area contributed by atoms with Crippen LogP contribution in [0.3, 0.4) is 0 Å². The quantitative estimate of drug-likeness (QED) is 0.432. The van der Waals surface area contributed by atoms with Gasteiger partial charge >= 0.3 is 0 Å². The number of benzene rings is 1. The molecule has 1 rings (SSSR count). The van der Waals surface area contributed by atoms with E-state index in [1.165, 1.54) is 12.1 Å². The van der Waals surface area contributed by atoms with E-state index in [1.54, 1.807) is 6.07 Å². The number of halogens is 2. The number of alkyl halides is 1. The molecule has 1 aromatic carbocycles. The molecule has 0 bridgehead atoms. The summed E-state index contributed by atoms with van der Waals surface area (Å²) in [5.74, 6) is 0. The van der Waals surface area contributed by atoms with E-state index in [2.05, 4.69) is 5.18 Å².